The van der Waals surface area contributed by atoms with Crippen molar-refractivity contribution in [3.05, 3.63) is 11.8 Å². The summed E-state index contributed by atoms with van der Waals surface area (Å²) in [7, 11) is 0. The molecule has 6 heteroatoms. The van der Waals surface area contributed by atoms with Crippen LogP contribution in [0.2, 0.25) is 0 Å². The Morgan fingerprint density at radius 3 is 2.58 bits per heavy atom. The Morgan fingerprint density at radius 2 is 2.05 bits per heavy atom. The maximum atomic E-state index is 11.8. The fourth-order valence-corrected chi connectivity index (χ4v) is 2.02. The molecule has 1 aromatic rings. The standard InChI is InChI=1S/C13H20N4O2/c1-13(2,3)12(19)15-10-6-9(16-17-10)7-4-8(5-7)11(14)18/h6-8H,4-5H2,1-3H3,(H2,14,18)(H2,15,16,17,19). The van der Waals surface area contributed by atoms with Gasteiger partial charge in [-0.15, -0.1) is 0 Å². The van der Waals surface area contributed by atoms with E-state index in [1.54, 1.807) is 0 Å². The van der Waals surface area contributed by atoms with E-state index in [0.29, 0.717) is 5.82 Å². The third kappa shape index (κ3) is 2.94. The smallest absolute Gasteiger partial charge is 0.230 e. The summed E-state index contributed by atoms with van der Waals surface area (Å²) in [5.74, 6) is 0.467. The molecule has 1 heterocycles. The van der Waals surface area contributed by atoms with Gasteiger partial charge in [0.25, 0.3) is 0 Å². The summed E-state index contributed by atoms with van der Waals surface area (Å²) in [5, 5.41) is 9.74. The van der Waals surface area contributed by atoms with Crippen molar-refractivity contribution in [2.75, 3.05) is 5.32 Å². The normalized spacial score (nSPS) is 22.7. The van der Waals surface area contributed by atoms with Crippen LogP contribution in [0.5, 0.6) is 0 Å². The number of nitrogens with one attached hydrogen (secondary N) is 2. The van der Waals surface area contributed by atoms with Gasteiger partial charge in [-0.25, -0.2) is 0 Å². The topological polar surface area (TPSA) is 101 Å². The Morgan fingerprint density at radius 1 is 1.42 bits per heavy atom. The summed E-state index contributed by atoms with van der Waals surface area (Å²) < 4.78 is 0. The number of carbonyl (C=O) groups excluding carboxylic acids is 2. The zero-order valence-electron chi connectivity index (χ0n) is 11.5. The van der Waals surface area contributed by atoms with E-state index in [1.165, 1.54) is 0 Å². The summed E-state index contributed by atoms with van der Waals surface area (Å²) in [6.45, 7) is 5.54. The largest absolute Gasteiger partial charge is 0.369 e. The highest BCUT2D eigenvalue weighted by Gasteiger charge is 2.35. The number of primary amides is 1. The van der Waals surface area contributed by atoms with Gasteiger partial charge in [-0.3, -0.25) is 14.7 Å². The first-order valence-corrected chi connectivity index (χ1v) is 6.43. The zero-order valence-corrected chi connectivity index (χ0v) is 11.5. The van der Waals surface area contributed by atoms with Gasteiger partial charge < -0.3 is 11.1 Å². The van der Waals surface area contributed by atoms with E-state index in [2.05, 4.69) is 15.5 Å². The van der Waals surface area contributed by atoms with Gasteiger partial charge in [-0.2, -0.15) is 5.10 Å². The summed E-state index contributed by atoms with van der Waals surface area (Å²) in [5.41, 5.74) is 5.73. The van der Waals surface area contributed by atoms with Crippen molar-refractivity contribution in [2.45, 2.75) is 39.5 Å². The van der Waals surface area contributed by atoms with E-state index in [4.69, 9.17) is 5.73 Å². The SMILES string of the molecule is CC(C)(C)C(=O)Nc1cc(C2CC(C(N)=O)C2)[nH]n1. The van der Waals surface area contributed by atoms with Crippen LogP contribution in [0.25, 0.3) is 0 Å². The molecule has 0 radical (unpaired) electrons. The predicted molar refractivity (Wildman–Crippen MR) is 71.3 cm³/mol. The van der Waals surface area contributed by atoms with Crippen LogP contribution >= 0.6 is 0 Å². The molecular formula is C13H20N4O2. The van der Waals surface area contributed by atoms with Crippen molar-refractivity contribution in [1.82, 2.24) is 10.2 Å². The van der Waals surface area contributed by atoms with E-state index in [9.17, 15) is 9.59 Å². The van der Waals surface area contributed by atoms with Crippen LogP contribution in [0.4, 0.5) is 5.82 Å². The first-order chi connectivity index (χ1) is 8.77. The molecule has 0 unspecified atom stereocenters. The van der Waals surface area contributed by atoms with E-state index in [1.807, 2.05) is 26.8 Å². The highest BCUT2D eigenvalue weighted by Crippen LogP contribution is 2.41. The quantitative estimate of drug-likeness (QED) is 0.768. The minimum atomic E-state index is -0.452. The van der Waals surface area contributed by atoms with Gasteiger partial charge in [0.05, 0.1) is 0 Å². The Kier molecular flexibility index (Phi) is 3.34. The van der Waals surface area contributed by atoms with Gasteiger partial charge in [-0.05, 0) is 12.8 Å². The molecular weight excluding hydrogens is 244 g/mol. The van der Waals surface area contributed by atoms with Crippen molar-refractivity contribution in [3.63, 3.8) is 0 Å². The third-order valence-corrected chi connectivity index (χ3v) is 3.50. The number of rotatable bonds is 3. The minimum Gasteiger partial charge on any atom is -0.369 e. The molecule has 1 aliphatic carbocycles. The van der Waals surface area contributed by atoms with Crippen LogP contribution in [-0.4, -0.2) is 22.0 Å². The van der Waals surface area contributed by atoms with Crippen LogP contribution in [0.15, 0.2) is 6.07 Å². The molecule has 1 saturated carbocycles. The second-order valence-corrected chi connectivity index (χ2v) is 6.18. The minimum absolute atomic E-state index is 0.0269. The lowest BCUT2D eigenvalue weighted by atomic mass is 9.73. The number of aromatic nitrogens is 2. The molecule has 0 aliphatic heterocycles. The van der Waals surface area contributed by atoms with Gasteiger partial charge in [0.1, 0.15) is 0 Å². The van der Waals surface area contributed by atoms with E-state index >= 15 is 0 Å². The number of anilines is 1. The van der Waals surface area contributed by atoms with Crippen molar-refractivity contribution < 1.29 is 9.59 Å². The van der Waals surface area contributed by atoms with Crippen molar-refractivity contribution in [2.24, 2.45) is 17.1 Å². The third-order valence-electron chi connectivity index (χ3n) is 3.50. The molecule has 1 fully saturated rings. The molecule has 0 saturated heterocycles. The monoisotopic (exact) mass is 264 g/mol. The summed E-state index contributed by atoms with van der Waals surface area (Å²) in [6, 6.07) is 1.82. The first kappa shape index (κ1) is 13.6. The lowest BCUT2D eigenvalue weighted by Crippen LogP contribution is -2.34. The van der Waals surface area contributed by atoms with Gasteiger partial charge >= 0.3 is 0 Å². The Hall–Kier alpha value is -1.85. The molecule has 1 aliphatic rings. The number of aromatic amines is 1. The maximum absolute atomic E-state index is 11.8. The molecule has 2 amide bonds. The Balaban J connectivity index is 1.94. The molecule has 6 nitrogen and oxygen atoms in total. The number of carbonyl (C=O) groups is 2. The molecule has 2 rings (SSSR count). The molecule has 0 atom stereocenters. The van der Waals surface area contributed by atoms with Gasteiger partial charge in [-0.1, -0.05) is 20.8 Å². The molecule has 19 heavy (non-hydrogen) atoms. The number of hydrogen-bond acceptors (Lipinski definition) is 3. The fourth-order valence-electron chi connectivity index (χ4n) is 2.02. The lowest BCUT2D eigenvalue weighted by molar-refractivity contribution is -0.124. The van der Waals surface area contributed by atoms with Gasteiger partial charge in [0.15, 0.2) is 5.82 Å². The molecule has 4 N–H and O–H groups in total. The van der Waals surface area contributed by atoms with E-state index in [-0.39, 0.29) is 23.7 Å². The van der Waals surface area contributed by atoms with E-state index < -0.39 is 5.41 Å². The van der Waals surface area contributed by atoms with Gasteiger partial charge in [0.2, 0.25) is 11.8 Å². The van der Waals surface area contributed by atoms with Crippen molar-refractivity contribution in [3.8, 4) is 0 Å². The summed E-state index contributed by atoms with van der Waals surface area (Å²) in [6.07, 6.45) is 1.51. The number of H-pyrrole nitrogens is 1. The maximum Gasteiger partial charge on any atom is 0.230 e. The first-order valence-electron chi connectivity index (χ1n) is 6.43. The average molecular weight is 264 g/mol. The number of nitrogens with two attached hydrogens (primary N) is 1. The fraction of sp³-hybridized carbons (Fsp3) is 0.615. The second kappa shape index (κ2) is 4.68. The van der Waals surface area contributed by atoms with Gasteiger partial charge in [0, 0.05) is 29.0 Å². The number of nitrogens with zero attached hydrogens (tertiary/aromatic N) is 1. The van der Waals surface area contributed by atoms with E-state index in [0.717, 1.165) is 18.5 Å². The Labute approximate surface area is 112 Å². The van der Waals surface area contributed by atoms with Crippen LogP contribution in [0.1, 0.15) is 45.2 Å². The molecule has 0 aromatic carbocycles. The second-order valence-electron chi connectivity index (χ2n) is 6.18. The molecule has 104 valence electrons. The molecule has 0 spiro atoms. The van der Waals surface area contributed by atoms with Crippen LogP contribution in [0, 0.1) is 11.3 Å². The highest BCUT2D eigenvalue weighted by atomic mass is 16.2. The average Bonchev–Trinajstić information content (AvgIpc) is 2.61. The number of hydrogen-bond donors (Lipinski definition) is 3. The van der Waals surface area contributed by atoms with Crippen LogP contribution in [-0.2, 0) is 9.59 Å². The van der Waals surface area contributed by atoms with Crippen LogP contribution < -0.4 is 11.1 Å². The number of amides is 2. The van der Waals surface area contributed by atoms with Crippen molar-refractivity contribution >= 4 is 17.6 Å². The summed E-state index contributed by atoms with van der Waals surface area (Å²) in [4.78, 5) is 22.8. The zero-order chi connectivity index (χ0) is 14.2. The Bertz CT molecular complexity index is 495. The lowest BCUT2D eigenvalue weighted by Gasteiger charge is -2.31. The van der Waals surface area contributed by atoms with Crippen LogP contribution in [0.3, 0.4) is 0 Å². The highest BCUT2D eigenvalue weighted by molar-refractivity contribution is 5.93. The summed E-state index contributed by atoms with van der Waals surface area (Å²) >= 11 is 0. The van der Waals surface area contributed by atoms with Crippen molar-refractivity contribution in [1.29, 1.82) is 0 Å². The molecule has 0 bridgehead atoms. The predicted octanol–water partition coefficient (Wildman–Crippen LogP) is 1.37. The molecule has 1 aromatic heterocycles.